The fourth-order valence-electron chi connectivity index (χ4n) is 1.35. The highest BCUT2D eigenvalue weighted by molar-refractivity contribution is 7.89. The number of rotatable bonds is 5. The van der Waals surface area contributed by atoms with E-state index in [-0.39, 0.29) is 4.90 Å². The highest BCUT2D eigenvalue weighted by atomic mass is 32.2. The lowest BCUT2D eigenvalue weighted by Crippen LogP contribution is -2.36. The van der Waals surface area contributed by atoms with Crippen LogP contribution in [0.15, 0.2) is 16.3 Å². The molecule has 18 heavy (non-hydrogen) atoms. The summed E-state index contributed by atoms with van der Waals surface area (Å²) in [6.07, 6.45) is -4.55. The smallest absolute Gasteiger partial charge is 0.315 e. The highest BCUT2D eigenvalue weighted by Crippen LogP contribution is 2.26. The third-order valence-electron chi connectivity index (χ3n) is 2.13. The van der Waals surface area contributed by atoms with Gasteiger partial charge in [-0.25, -0.2) is 8.42 Å². The van der Waals surface area contributed by atoms with Gasteiger partial charge in [-0.05, 0) is 18.5 Å². The average Bonchev–Trinajstić information content (AvgIpc) is 2.64. The van der Waals surface area contributed by atoms with E-state index in [1.807, 2.05) is 0 Å². The van der Waals surface area contributed by atoms with Crippen molar-refractivity contribution in [2.45, 2.75) is 17.6 Å². The molecule has 0 fully saturated rings. The van der Waals surface area contributed by atoms with Gasteiger partial charge in [0.05, 0.1) is 4.90 Å². The predicted molar refractivity (Wildman–Crippen MR) is 63.0 cm³/mol. The topological polar surface area (TPSA) is 49.4 Å². The van der Waals surface area contributed by atoms with E-state index < -0.39 is 22.7 Å². The number of alkyl halides is 3. The molecular weight excluding hydrogens is 289 g/mol. The van der Waals surface area contributed by atoms with Crippen molar-refractivity contribution in [1.29, 1.82) is 0 Å². The van der Waals surface area contributed by atoms with Gasteiger partial charge in [0, 0.05) is 18.5 Å². The normalized spacial score (nSPS) is 13.2. The van der Waals surface area contributed by atoms with Gasteiger partial charge in [-0.3, -0.25) is 0 Å². The predicted octanol–water partition coefficient (Wildman–Crippen LogP) is 1.65. The molecule has 1 heterocycles. The van der Waals surface area contributed by atoms with Crippen molar-refractivity contribution >= 4 is 21.4 Å². The summed E-state index contributed by atoms with van der Waals surface area (Å²) in [5.41, 5.74) is 0. The Morgan fingerprint density at radius 3 is 2.56 bits per heavy atom. The minimum Gasteiger partial charge on any atom is -0.315 e. The van der Waals surface area contributed by atoms with Crippen molar-refractivity contribution in [1.82, 2.24) is 9.62 Å². The first-order valence-corrected chi connectivity index (χ1v) is 7.24. The number of halogens is 3. The summed E-state index contributed by atoms with van der Waals surface area (Å²) in [5.74, 6) is 0. The second-order valence-corrected chi connectivity index (χ2v) is 6.63. The molecule has 0 aliphatic heterocycles. The minimum atomic E-state index is -4.55. The molecule has 1 N–H and O–H groups in total. The molecule has 104 valence electrons. The molecule has 1 rings (SSSR count). The summed E-state index contributed by atoms with van der Waals surface area (Å²) < 4.78 is 60.9. The third-order valence-corrected chi connectivity index (χ3v) is 5.07. The van der Waals surface area contributed by atoms with E-state index in [0.717, 1.165) is 7.05 Å². The Hall–Kier alpha value is -0.640. The standard InChI is InChI=1S/C9H13F3N2O2S2/c1-13-5-7-8(3-4-17-7)18(15,16)14(2)6-9(10,11)12/h3-4,13H,5-6H2,1-2H3. The Balaban J connectivity index is 3.02. The molecule has 0 aliphatic carbocycles. The maximum atomic E-state index is 12.2. The summed E-state index contributed by atoms with van der Waals surface area (Å²) >= 11 is 1.19. The second-order valence-electron chi connectivity index (χ2n) is 3.61. The molecule has 0 atom stereocenters. The maximum absolute atomic E-state index is 12.2. The molecule has 0 unspecified atom stereocenters. The number of sulfonamides is 1. The van der Waals surface area contributed by atoms with Crippen LogP contribution in [0.25, 0.3) is 0 Å². The van der Waals surface area contributed by atoms with Crippen LogP contribution in [0, 0.1) is 0 Å². The van der Waals surface area contributed by atoms with Crippen molar-refractivity contribution in [2.24, 2.45) is 0 Å². The molecular formula is C9H13F3N2O2S2. The van der Waals surface area contributed by atoms with Gasteiger partial charge in [-0.2, -0.15) is 17.5 Å². The summed E-state index contributed by atoms with van der Waals surface area (Å²) in [6, 6.07) is 1.32. The number of thiophene rings is 1. The van der Waals surface area contributed by atoms with Crippen molar-refractivity contribution in [3.8, 4) is 0 Å². The van der Waals surface area contributed by atoms with Crippen LogP contribution in [0.1, 0.15) is 4.88 Å². The fourth-order valence-corrected chi connectivity index (χ4v) is 3.93. The lowest BCUT2D eigenvalue weighted by molar-refractivity contribution is -0.134. The number of hydrogen-bond donors (Lipinski definition) is 1. The zero-order valence-electron chi connectivity index (χ0n) is 9.78. The van der Waals surface area contributed by atoms with E-state index >= 15 is 0 Å². The molecule has 0 bridgehead atoms. The van der Waals surface area contributed by atoms with E-state index in [1.54, 1.807) is 12.4 Å². The maximum Gasteiger partial charge on any atom is 0.402 e. The second kappa shape index (κ2) is 5.55. The first-order chi connectivity index (χ1) is 8.18. The monoisotopic (exact) mass is 302 g/mol. The van der Waals surface area contributed by atoms with Crippen molar-refractivity contribution in [3.05, 3.63) is 16.3 Å². The first kappa shape index (κ1) is 15.4. The first-order valence-electron chi connectivity index (χ1n) is 4.92. The molecule has 0 aromatic carbocycles. The molecule has 1 aromatic heterocycles. The van der Waals surface area contributed by atoms with E-state index in [4.69, 9.17) is 0 Å². The number of nitrogens with one attached hydrogen (secondary N) is 1. The van der Waals surface area contributed by atoms with Gasteiger partial charge in [0.1, 0.15) is 6.54 Å². The molecule has 1 aromatic rings. The van der Waals surface area contributed by atoms with Gasteiger partial charge in [-0.1, -0.05) is 0 Å². The SMILES string of the molecule is CNCc1sccc1S(=O)(=O)N(C)CC(F)(F)F. The summed E-state index contributed by atoms with van der Waals surface area (Å²) in [4.78, 5) is 0.417. The average molecular weight is 302 g/mol. The Kier molecular flexibility index (Phi) is 4.76. The molecule has 0 amide bonds. The van der Waals surface area contributed by atoms with Crippen LogP contribution in [-0.2, 0) is 16.6 Å². The number of hydrogen-bond acceptors (Lipinski definition) is 4. The molecule has 0 spiro atoms. The van der Waals surface area contributed by atoms with Crippen molar-refractivity contribution < 1.29 is 21.6 Å². The molecule has 0 aliphatic rings. The van der Waals surface area contributed by atoms with E-state index in [1.165, 1.54) is 17.4 Å². The Morgan fingerprint density at radius 2 is 2.06 bits per heavy atom. The molecule has 9 heteroatoms. The lowest BCUT2D eigenvalue weighted by Gasteiger charge is -2.18. The van der Waals surface area contributed by atoms with Crippen LogP contribution in [0.3, 0.4) is 0 Å². The van der Waals surface area contributed by atoms with Crippen LogP contribution in [0.2, 0.25) is 0 Å². The molecule has 4 nitrogen and oxygen atoms in total. The van der Waals surface area contributed by atoms with Gasteiger partial charge in [0.15, 0.2) is 0 Å². The largest absolute Gasteiger partial charge is 0.402 e. The van der Waals surface area contributed by atoms with Gasteiger partial charge in [-0.15, -0.1) is 11.3 Å². The molecule has 0 radical (unpaired) electrons. The Bertz CT molecular complexity index is 496. The van der Waals surface area contributed by atoms with Gasteiger partial charge in [0.25, 0.3) is 0 Å². The van der Waals surface area contributed by atoms with Gasteiger partial charge < -0.3 is 5.32 Å². The Labute approximate surface area is 107 Å². The van der Waals surface area contributed by atoms with E-state index in [2.05, 4.69) is 5.32 Å². The lowest BCUT2D eigenvalue weighted by atomic mass is 10.5. The summed E-state index contributed by atoms with van der Waals surface area (Å²) in [7, 11) is -1.54. The zero-order valence-corrected chi connectivity index (χ0v) is 11.4. The minimum absolute atomic E-state index is 0.0754. The van der Waals surface area contributed by atoms with E-state index in [9.17, 15) is 21.6 Å². The molecule has 0 saturated carbocycles. The van der Waals surface area contributed by atoms with Crippen LogP contribution >= 0.6 is 11.3 Å². The Morgan fingerprint density at radius 1 is 1.44 bits per heavy atom. The zero-order chi connectivity index (χ0) is 14.0. The van der Waals surface area contributed by atoms with Crippen LogP contribution in [-0.4, -0.2) is 39.5 Å². The highest BCUT2D eigenvalue weighted by Gasteiger charge is 2.35. The quantitative estimate of drug-likeness (QED) is 0.900. The van der Waals surface area contributed by atoms with Gasteiger partial charge >= 0.3 is 6.18 Å². The van der Waals surface area contributed by atoms with Crippen molar-refractivity contribution in [3.63, 3.8) is 0 Å². The van der Waals surface area contributed by atoms with E-state index in [0.29, 0.717) is 15.7 Å². The fraction of sp³-hybridized carbons (Fsp3) is 0.556. The molecule has 0 saturated heterocycles. The summed E-state index contributed by atoms with van der Waals surface area (Å²) in [6.45, 7) is -1.20. The van der Waals surface area contributed by atoms with Crippen molar-refractivity contribution in [2.75, 3.05) is 20.6 Å². The third kappa shape index (κ3) is 3.67. The van der Waals surface area contributed by atoms with Crippen LogP contribution < -0.4 is 5.32 Å². The van der Waals surface area contributed by atoms with Gasteiger partial charge in [0.2, 0.25) is 10.0 Å². The van der Waals surface area contributed by atoms with Crippen LogP contribution in [0.4, 0.5) is 13.2 Å². The summed E-state index contributed by atoms with van der Waals surface area (Å²) in [5, 5.41) is 4.32. The van der Waals surface area contributed by atoms with Crippen LogP contribution in [0.5, 0.6) is 0 Å². The number of nitrogens with zero attached hydrogens (tertiary/aromatic N) is 1.